The van der Waals surface area contributed by atoms with E-state index in [1.165, 1.54) is 26.2 Å². The molecule has 1 fully saturated rings. The Morgan fingerprint density at radius 3 is 2.72 bits per heavy atom. The number of nitrogens with zero attached hydrogens (tertiary/aromatic N) is 2. The van der Waals surface area contributed by atoms with Crippen molar-refractivity contribution < 1.29 is 9.59 Å². The minimum atomic E-state index is -0.0964. The van der Waals surface area contributed by atoms with Gasteiger partial charge in [-0.25, -0.2) is 4.98 Å². The number of rotatable bonds is 5. The molecule has 0 atom stereocenters. The lowest BCUT2D eigenvalue weighted by molar-refractivity contribution is -0.125. The number of hydrogen-bond donors (Lipinski definition) is 2. The topological polar surface area (TPSA) is 76.0 Å². The fourth-order valence-corrected chi connectivity index (χ4v) is 3.56. The van der Waals surface area contributed by atoms with Crippen LogP contribution in [-0.4, -0.2) is 27.9 Å². The predicted molar refractivity (Wildman–Crippen MR) is 98.3 cm³/mol. The molecule has 25 heavy (non-hydrogen) atoms. The van der Waals surface area contributed by atoms with Gasteiger partial charge < -0.3 is 15.2 Å². The number of carbonyl (C=O) groups excluding carboxylic acids is 2. The Labute approximate surface area is 148 Å². The highest BCUT2D eigenvalue weighted by Crippen LogP contribution is 2.23. The van der Waals surface area contributed by atoms with Crippen LogP contribution >= 0.6 is 0 Å². The van der Waals surface area contributed by atoms with E-state index in [2.05, 4.69) is 15.6 Å². The molecule has 1 aliphatic rings. The number of anilines is 1. The molecule has 6 heteroatoms. The van der Waals surface area contributed by atoms with Crippen molar-refractivity contribution in [2.75, 3.05) is 11.9 Å². The lowest BCUT2D eigenvalue weighted by atomic mass is 9.89. The molecule has 1 heterocycles. The Morgan fingerprint density at radius 2 is 2.00 bits per heavy atom. The van der Waals surface area contributed by atoms with Gasteiger partial charge in [0.1, 0.15) is 5.82 Å². The number of aryl methyl sites for hydroxylation is 1. The third kappa shape index (κ3) is 4.18. The molecule has 0 radical (unpaired) electrons. The van der Waals surface area contributed by atoms with Crippen molar-refractivity contribution >= 4 is 28.5 Å². The molecule has 0 saturated heterocycles. The summed E-state index contributed by atoms with van der Waals surface area (Å²) in [5, 5.41) is 5.84. The predicted octanol–water partition coefficient (Wildman–Crippen LogP) is 2.77. The number of imidazole rings is 1. The highest BCUT2D eigenvalue weighted by atomic mass is 16.2. The van der Waals surface area contributed by atoms with Gasteiger partial charge in [-0.1, -0.05) is 19.3 Å². The minimum absolute atomic E-state index is 0.0964. The molecule has 2 N–H and O–H groups in total. The number of carbonyl (C=O) groups is 2. The van der Waals surface area contributed by atoms with Gasteiger partial charge in [0.2, 0.25) is 11.8 Å². The van der Waals surface area contributed by atoms with Gasteiger partial charge in [0.15, 0.2) is 0 Å². The first-order valence-electron chi connectivity index (χ1n) is 9.05. The molecule has 1 saturated carbocycles. The van der Waals surface area contributed by atoms with Crippen LogP contribution in [-0.2, 0) is 23.1 Å². The Kier molecular flexibility index (Phi) is 5.36. The third-order valence-corrected chi connectivity index (χ3v) is 4.92. The number of fused-ring (bicyclic) bond motifs is 1. The number of aromatic nitrogens is 2. The first-order valence-corrected chi connectivity index (χ1v) is 9.05. The molecule has 0 spiro atoms. The van der Waals surface area contributed by atoms with Gasteiger partial charge >= 0.3 is 0 Å². The van der Waals surface area contributed by atoms with Crippen LogP contribution < -0.4 is 10.6 Å². The zero-order valence-electron chi connectivity index (χ0n) is 15.0. The van der Waals surface area contributed by atoms with E-state index in [0.717, 1.165) is 35.4 Å². The quantitative estimate of drug-likeness (QED) is 0.877. The second-order valence-electron chi connectivity index (χ2n) is 6.85. The van der Waals surface area contributed by atoms with E-state index in [1.807, 2.05) is 29.8 Å². The summed E-state index contributed by atoms with van der Waals surface area (Å²) in [6, 6.07) is 5.71. The van der Waals surface area contributed by atoms with E-state index in [9.17, 15) is 9.59 Å². The maximum atomic E-state index is 12.2. The zero-order valence-corrected chi connectivity index (χ0v) is 15.0. The molecule has 134 valence electrons. The van der Waals surface area contributed by atoms with E-state index in [1.54, 1.807) is 0 Å². The average Bonchev–Trinajstić information content (AvgIpc) is 2.90. The normalized spacial score (nSPS) is 15.3. The molecular formula is C19H26N4O2. The molecule has 1 aliphatic carbocycles. The van der Waals surface area contributed by atoms with Crippen LogP contribution in [0.3, 0.4) is 0 Å². The van der Waals surface area contributed by atoms with E-state index in [4.69, 9.17) is 0 Å². The zero-order chi connectivity index (χ0) is 17.8. The summed E-state index contributed by atoms with van der Waals surface area (Å²) in [5.41, 5.74) is 2.61. The summed E-state index contributed by atoms with van der Waals surface area (Å²) in [6.07, 6.45) is 6.32. The van der Waals surface area contributed by atoms with E-state index in [0.29, 0.717) is 13.0 Å². The molecule has 1 aromatic heterocycles. The van der Waals surface area contributed by atoms with Gasteiger partial charge in [0.25, 0.3) is 0 Å². The van der Waals surface area contributed by atoms with E-state index < -0.39 is 0 Å². The summed E-state index contributed by atoms with van der Waals surface area (Å²) in [5.74, 6) is 1.21. The summed E-state index contributed by atoms with van der Waals surface area (Å²) < 4.78 is 2.04. The number of benzene rings is 1. The van der Waals surface area contributed by atoms with Gasteiger partial charge in [-0.2, -0.15) is 0 Å². The van der Waals surface area contributed by atoms with Gasteiger partial charge in [0, 0.05) is 38.5 Å². The monoisotopic (exact) mass is 342 g/mol. The Hall–Kier alpha value is -2.37. The maximum absolute atomic E-state index is 12.2. The highest BCUT2D eigenvalue weighted by molar-refractivity contribution is 5.91. The van der Waals surface area contributed by atoms with Crippen molar-refractivity contribution in [3.05, 3.63) is 24.0 Å². The second-order valence-corrected chi connectivity index (χ2v) is 6.85. The van der Waals surface area contributed by atoms with Crippen LogP contribution in [0.4, 0.5) is 5.69 Å². The molecule has 1 aromatic carbocycles. The van der Waals surface area contributed by atoms with Crippen molar-refractivity contribution in [3.63, 3.8) is 0 Å². The second kappa shape index (κ2) is 7.68. The fourth-order valence-electron chi connectivity index (χ4n) is 3.56. The van der Waals surface area contributed by atoms with Crippen LogP contribution in [0, 0.1) is 5.92 Å². The molecule has 0 unspecified atom stereocenters. The Morgan fingerprint density at radius 1 is 1.24 bits per heavy atom. The van der Waals surface area contributed by atoms with Gasteiger partial charge in [-0.15, -0.1) is 0 Å². The van der Waals surface area contributed by atoms with Crippen molar-refractivity contribution in [2.24, 2.45) is 13.0 Å². The lowest BCUT2D eigenvalue weighted by Gasteiger charge is -2.20. The highest BCUT2D eigenvalue weighted by Gasteiger charge is 2.20. The number of nitrogens with one attached hydrogen (secondary N) is 2. The standard InChI is InChI=1S/C19H26N4O2/c1-13(24)21-15-8-9-17-16(12-15)22-18(23(17)2)10-11-20-19(25)14-6-4-3-5-7-14/h8-9,12,14H,3-7,10-11H2,1-2H3,(H,20,25)(H,21,24). The number of hydrogen-bond acceptors (Lipinski definition) is 3. The molecule has 3 rings (SSSR count). The van der Waals surface area contributed by atoms with Crippen LogP contribution in [0.1, 0.15) is 44.9 Å². The first kappa shape index (κ1) is 17.5. The van der Waals surface area contributed by atoms with Gasteiger partial charge in [-0.3, -0.25) is 9.59 Å². The van der Waals surface area contributed by atoms with Gasteiger partial charge in [0.05, 0.1) is 11.0 Å². The molecule has 6 nitrogen and oxygen atoms in total. The van der Waals surface area contributed by atoms with Crippen molar-refractivity contribution in [2.45, 2.75) is 45.4 Å². The molecule has 2 amide bonds. The summed E-state index contributed by atoms with van der Waals surface area (Å²) in [7, 11) is 1.98. The van der Waals surface area contributed by atoms with Crippen molar-refractivity contribution in [3.8, 4) is 0 Å². The van der Waals surface area contributed by atoms with Crippen LogP contribution in [0.5, 0.6) is 0 Å². The smallest absolute Gasteiger partial charge is 0.223 e. The minimum Gasteiger partial charge on any atom is -0.355 e. The van der Waals surface area contributed by atoms with Crippen LogP contribution in [0.2, 0.25) is 0 Å². The van der Waals surface area contributed by atoms with Crippen molar-refractivity contribution in [1.82, 2.24) is 14.9 Å². The molecular weight excluding hydrogens is 316 g/mol. The SMILES string of the molecule is CC(=O)Nc1ccc2c(c1)nc(CCNC(=O)C1CCCCC1)n2C. The largest absolute Gasteiger partial charge is 0.355 e. The maximum Gasteiger partial charge on any atom is 0.223 e. The van der Waals surface area contributed by atoms with E-state index in [-0.39, 0.29) is 17.7 Å². The Balaban J connectivity index is 1.62. The molecule has 2 aromatic rings. The van der Waals surface area contributed by atoms with Gasteiger partial charge in [-0.05, 0) is 31.0 Å². The average molecular weight is 342 g/mol. The third-order valence-electron chi connectivity index (χ3n) is 4.92. The number of amides is 2. The summed E-state index contributed by atoms with van der Waals surface area (Å²) in [4.78, 5) is 28.0. The first-order chi connectivity index (χ1) is 12.0. The summed E-state index contributed by atoms with van der Waals surface area (Å²) >= 11 is 0. The lowest BCUT2D eigenvalue weighted by Crippen LogP contribution is -2.33. The fraction of sp³-hybridized carbons (Fsp3) is 0.526. The van der Waals surface area contributed by atoms with Crippen LogP contribution in [0.15, 0.2) is 18.2 Å². The van der Waals surface area contributed by atoms with Crippen molar-refractivity contribution in [1.29, 1.82) is 0 Å². The van der Waals surface area contributed by atoms with Crippen LogP contribution in [0.25, 0.3) is 11.0 Å². The molecule has 0 bridgehead atoms. The molecule has 0 aliphatic heterocycles. The Bertz CT molecular complexity index is 775. The van der Waals surface area contributed by atoms with E-state index >= 15 is 0 Å². The summed E-state index contributed by atoms with van der Waals surface area (Å²) in [6.45, 7) is 2.09.